The summed E-state index contributed by atoms with van der Waals surface area (Å²) < 4.78 is 0. The summed E-state index contributed by atoms with van der Waals surface area (Å²) in [5.74, 6) is 0.0137. The van der Waals surface area contributed by atoms with Gasteiger partial charge in [-0.1, -0.05) is 38.0 Å². The number of hydrogen-bond donors (Lipinski definition) is 2. The molecule has 2 aromatic rings. The molecular formula is C18H24N2O2. The van der Waals surface area contributed by atoms with E-state index >= 15 is 0 Å². The third-order valence-corrected chi connectivity index (χ3v) is 3.89. The van der Waals surface area contributed by atoms with Crippen molar-refractivity contribution in [2.24, 2.45) is 0 Å². The molecule has 0 saturated carbocycles. The van der Waals surface area contributed by atoms with Gasteiger partial charge in [-0.05, 0) is 36.8 Å². The fourth-order valence-electron chi connectivity index (χ4n) is 2.55. The molecule has 4 nitrogen and oxygen atoms in total. The molecule has 0 aliphatic carbocycles. The molecule has 1 amide bonds. The lowest BCUT2D eigenvalue weighted by molar-refractivity contribution is -0.121. The van der Waals surface area contributed by atoms with Crippen LogP contribution in [0.4, 0.5) is 0 Å². The average Bonchev–Trinajstić information content (AvgIpc) is 2.50. The molecule has 0 spiro atoms. The van der Waals surface area contributed by atoms with Crippen molar-refractivity contribution in [2.75, 3.05) is 6.54 Å². The molecule has 1 aromatic carbocycles. The van der Waals surface area contributed by atoms with Crippen molar-refractivity contribution >= 4 is 16.8 Å². The van der Waals surface area contributed by atoms with E-state index in [9.17, 15) is 9.59 Å². The van der Waals surface area contributed by atoms with Crippen LogP contribution in [-0.2, 0) is 11.2 Å². The number of carbonyl (C=O) groups is 1. The van der Waals surface area contributed by atoms with Crippen molar-refractivity contribution in [3.63, 3.8) is 0 Å². The van der Waals surface area contributed by atoms with Gasteiger partial charge in [0, 0.05) is 18.5 Å². The van der Waals surface area contributed by atoms with Gasteiger partial charge >= 0.3 is 0 Å². The third kappa shape index (κ3) is 4.20. The highest BCUT2D eigenvalue weighted by molar-refractivity contribution is 5.82. The van der Waals surface area contributed by atoms with Gasteiger partial charge in [0.25, 0.3) is 5.56 Å². The van der Waals surface area contributed by atoms with Crippen molar-refractivity contribution in [1.82, 2.24) is 10.3 Å². The minimum atomic E-state index is -0.0967. The molecule has 1 aromatic heterocycles. The van der Waals surface area contributed by atoms with E-state index < -0.39 is 0 Å². The molecule has 2 rings (SSSR count). The summed E-state index contributed by atoms with van der Waals surface area (Å²) in [4.78, 5) is 26.8. The molecule has 0 bridgehead atoms. The van der Waals surface area contributed by atoms with Crippen LogP contribution in [0.1, 0.15) is 43.7 Å². The number of nitrogens with one attached hydrogen (secondary N) is 2. The first-order valence-corrected chi connectivity index (χ1v) is 8.00. The van der Waals surface area contributed by atoms with Gasteiger partial charge in [0.2, 0.25) is 5.91 Å². The summed E-state index contributed by atoms with van der Waals surface area (Å²) in [7, 11) is 0. The van der Waals surface area contributed by atoms with E-state index in [1.54, 1.807) is 0 Å². The second-order valence-electron chi connectivity index (χ2n) is 5.72. The SMILES string of the molecule is CCCCCNC(=O)CCc1cc2cccc(C)c2[nH]c1=O. The Kier molecular flexibility index (Phi) is 5.75. The Hall–Kier alpha value is -2.10. The zero-order valence-electron chi connectivity index (χ0n) is 13.4. The van der Waals surface area contributed by atoms with Crippen LogP contribution in [-0.4, -0.2) is 17.4 Å². The van der Waals surface area contributed by atoms with Crippen molar-refractivity contribution in [2.45, 2.75) is 46.0 Å². The van der Waals surface area contributed by atoms with E-state index in [1.165, 1.54) is 0 Å². The lowest BCUT2D eigenvalue weighted by atomic mass is 10.1. The lowest BCUT2D eigenvalue weighted by Crippen LogP contribution is -2.25. The smallest absolute Gasteiger partial charge is 0.251 e. The van der Waals surface area contributed by atoms with E-state index in [2.05, 4.69) is 17.2 Å². The largest absolute Gasteiger partial charge is 0.356 e. The summed E-state index contributed by atoms with van der Waals surface area (Å²) in [6.07, 6.45) is 4.11. The number of rotatable bonds is 7. The molecule has 0 aliphatic rings. The van der Waals surface area contributed by atoms with E-state index in [0.717, 1.165) is 42.3 Å². The topological polar surface area (TPSA) is 62.0 Å². The molecule has 0 aliphatic heterocycles. The second kappa shape index (κ2) is 7.78. The van der Waals surface area contributed by atoms with Gasteiger partial charge in [-0.3, -0.25) is 9.59 Å². The Bertz CT molecular complexity index is 704. The van der Waals surface area contributed by atoms with Crippen LogP contribution in [0, 0.1) is 6.92 Å². The monoisotopic (exact) mass is 300 g/mol. The van der Waals surface area contributed by atoms with Gasteiger partial charge < -0.3 is 10.3 Å². The van der Waals surface area contributed by atoms with Crippen LogP contribution in [0.15, 0.2) is 29.1 Å². The standard InChI is InChI=1S/C18H24N2O2/c1-3-4-5-11-19-16(21)10-9-15-12-14-8-6-7-13(2)17(14)20-18(15)22/h6-8,12H,3-5,9-11H2,1-2H3,(H,19,21)(H,20,22). The highest BCUT2D eigenvalue weighted by Gasteiger charge is 2.07. The number of carbonyl (C=O) groups excluding carboxylic acids is 1. The number of unbranched alkanes of at least 4 members (excludes halogenated alkanes) is 2. The fraction of sp³-hybridized carbons (Fsp3) is 0.444. The summed E-state index contributed by atoms with van der Waals surface area (Å²) >= 11 is 0. The molecule has 0 atom stereocenters. The summed E-state index contributed by atoms with van der Waals surface area (Å²) in [6, 6.07) is 7.82. The molecule has 2 N–H and O–H groups in total. The normalized spacial score (nSPS) is 10.8. The Balaban J connectivity index is 1.98. The van der Waals surface area contributed by atoms with Gasteiger partial charge in [0.1, 0.15) is 0 Å². The van der Waals surface area contributed by atoms with Gasteiger partial charge in [-0.25, -0.2) is 0 Å². The maximum atomic E-state index is 12.1. The average molecular weight is 300 g/mol. The number of H-pyrrole nitrogens is 1. The van der Waals surface area contributed by atoms with Crippen LogP contribution in [0.5, 0.6) is 0 Å². The number of fused-ring (bicyclic) bond motifs is 1. The highest BCUT2D eigenvalue weighted by Crippen LogP contribution is 2.15. The number of aromatic nitrogens is 1. The summed E-state index contributed by atoms with van der Waals surface area (Å²) in [6.45, 7) is 4.83. The van der Waals surface area contributed by atoms with E-state index in [1.807, 2.05) is 31.2 Å². The zero-order chi connectivity index (χ0) is 15.9. The molecule has 0 radical (unpaired) electrons. The predicted octanol–water partition coefficient (Wildman–Crippen LogP) is 3.08. The van der Waals surface area contributed by atoms with Crippen molar-refractivity contribution < 1.29 is 4.79 Å². The first-order chi connectivity index (χ1) is 10.6. The van der Waals surface area contributed by atoms with Crippen LogP contribution in [0.3, 0.4) is 0 Å². The third-order valence-electron chi connectivity index (χ3n) is 3.89. The van der Waals surface area contributed by atoms with Crippen molar-refractivity contribution in [3.8, 4) is 0 Å². The molecule has 118 valence electrons. The Morgan fingerprint density at radius 2 is 2.09 bits per heavy atom. The number of benzene rings is 1. The van der Waals surface area contributed by atoms with Crippen LogP contribution < -0.4 is 10.9 Å². The summed E-state index contributed by atoms with van der Waals surface area (Å²) in [5, 5.41) is 3.91. The van der Waals surface area contributed by atoms with Crippen molar-refractivity contribution in [1.29, 1.82) is 0 Å². The molecule has 1 heterocycles. The van der Waals surface area contributed by atoms with Gasteiger partial charge in [0.05, 0.1) is 5.52 Å². The van der Waals surface area contributed by atoms with Gasteiger partial charge in [-0.15, -0.1) is 0 Å². The lowest BCUT2D eigenvalue weighted by Gasteiger charge is -2.06. The van der Waals surface area contributed by atoms with Crippen LogP contribution in [0.25, 0.3) is 10.9 Å². The van der Waals surface area contributed by atoms with E-state index in [-0.39, 0.29) is 11.5 Å². The Morgan fingerprint density at radius 3 is 2.86 bits per heavy atom. The Morgan fingerprint density at radius 1 is 1.27 bits per heavy atom. The minimum Gasteiger partial charge on any atom is -0.356 e. The number of para-hydroxylation sites is 1. The van der Waals surface area contributed by atoms with Gasteiger partial charge in [0.15, 0.2) is 0 Å². The fourth-order valence-corrected chi connectivity index (χ4v) is 2.55. The van der Waals surface area contributed by atoms with E-state index in [0.29, 0.717) is 18.4 Å². The molecule has 0 unspecified atom stereocenters. The first kappa shape index (κ1) is 16.3. The molecule has 0 fully saturated rings. The quantitative estimate of drug-likeness (QED) is 0.772. The molecule has 4 heteroatoms. The molecule has 22 heavy (non-hydrogen) atoms. The second-order valence-corrected chi connectivity index (χ2v) is 5.72. The summed E-state index contributed by atoms with van der Waals surface area (Å²) in [5.41, 5.74) is 2.50. The number of amides is 1. The van der Waals surface area contributed by atoms with Gasteiger partial charge in [-0.2, -0.15) is 0 Å². The number of aryl methyl sites for hydroxylation is 2. The predicted molar refractivity (Wildman–Crippen MR) is 90.2 cm³/mol. The molecular weight excluding hydrogens is 276 g/mol. The van der Waals surface area contributed by atoms with Crippen LogP contribution >= 0.6 is 0 Å². The minimum absolute atomic E-state index is 0.0137. The maximum absolute atomic E-state index is 12.1. The number of aromatic amines is 1. The first-order valence-electron chi connectivity index (χ1n) is 8.00. The molecule has 0 saturated heterocycles. The number of hydrogen-bond acceptors (Lipinski definition) is 2. The number of pyridine rings is 1. The zero-order valence-corrected chi connectivity index (χ0v) is 13.4. The van der Waals surface area contributed by atoms with Crippen LogP contribution in [0.2, 0.25) is 0 Å². The van der Waals surface area contributed by atoms with E-state index in [4.69, 9.17) is 0 Å². The Labute approximate surface area is 130 Å². The maximum Gasteiger partial charge on any atom is 0.251 e. The highest BCUT2D eigenvalue weighted by atomic mass is 16.1. The van der Waals surface area contributed by atoms with Crippen molar-refractivity contribution in [3.05, 3.63) is 45.7 Å².